The first-order valence-corrected chi connectivity index (χ1v) is 11.4. The fraction of sp³-hybridized carbons (Fsp3) is 0.462. The van der Waals surface area contributed by atoms with Crippen LogP contribution in [0.15, 0.2) is 54.6 Å². The number of hydrogen-bond acceptors (Lipinski definition) is 4. The summed E-state index contributed by atoms with van der Waals surface area (Å²) in [5.74, 6) is 0.602. The number of ether oxygens (including phenoxy) is 2. The molecule has 0 aliphatic heterocycles. The Bertz CT molecular complexity index is 808. The van der Waals surface area contributed by atoms with E-state index in [0.29, 0.717) is 39.1 Å². The van der Waals surface area contributed by atoms with E-state index < -0.39 is 6.04 Å². The molecule has 1 atom stereocenters. The van der Waals surface area contributed by atoms with Gasteiger partial charge < -0.3 is 19.7 Å². The molecule has 0 spiro atoms. The molecular formula is C26H36N2O4. The molecule has 6 heteroatoms. The Balaban J connectivity index is 2.24. The van der Waals surface area contributed by atoms with E-state index in [1.807, 2.05) is 68.4 Å². The van der Waals surface area contributed by atoms with Crippen molar-refractivity contribution in [3.05, 3.63) is 65.7 Å². The summed E-state index contributed by atoms with van der Waals surface area (Å²) in [6, 6.07) is 16.9. The third-order valence-corrected chi connectivity index (χ3v) is 5.22. The highest BCUT2D eigenvalue weighted by atomic mass is 16.5. The Morgan fingerprint density at radius 3 is 2.34 bits per heavy atom. The van der Waals surface area contributed by atoms with Crippen LogP contribution in [0, 0.1) is 0 Å². The lowest BCUT2D eigenvalue weighted by atomic mass is 10.0. The minimum Gasteiger partial charge on any atom is -0.497 e. The molecule has 0 aliphatic carbocycles. The van der Waals surface area contributed by atoms with E-state index in [4.69, 9.17) is 9.47 Å². The van der Waals surface area contributed by atoms with Crippen LogP contribution in [0.1, 0.15) is 44.2 Å². The highest BCUT2D eigenvalue weighted by molar-refractivity contribution is 5.88. The van der Waals surface area contributed by atoms with Gasteiger partial charge in [-0.1, -0.05) is 49.4 Å². The van der Waals surface area contributed by atoms with E-state index in [9.17, 15) is 9.59 Å². The number of methoxy groups -OCH3 is 1. The molecule has 1 N–H and O–H groups in total. The zero-order chi connectivity index (χ0) is 23.2. The van der Waals surface area contributed by atoms with Gasteiger partial charge in [0.05, 0.1) is 7.11 Å². The van der Waals surface area contributed by atoms with E-state index >= 15 is 0 Å². The van der Waals surface area contributed by atoms with E-state index in [0.717, 1.165) is 29.7 Å². The van der Waals surface area contributed by atoms with Crippen LogP contribution >= 0.6 is 0 Å². The Morgan fingerprint density at radius 1 is 1.00 bits per heavy atom. The van der Waals surface area contributed by atoms with E-state index in [1.54, 1.807) is 12.0 Å². The molecule has 0 radical (unpaired) electrons. The topological polar surface area (TPSA) is 67.9 Å². The zero-order valence-corrected chi connectivity index (χ0v) is 19.5. The van der Waals surface area contributed by atoms with Crippen LogP contribution in [0.2, 0.25) is 0 Å². The molecule has 32 heavy (non-hydrogen) atoms. The third-order valence-electron chi connectivity index (χ3n) is 5.22. The van der Waals surface area contributed by atoms with Crippen LogP contribution in [0.25, 0.3) is 0 Å². The van der Waals surface area contributed by atoms with Crippen molar-refractivity contribution in [3.8, 4) is 5.75 Å². The maximum Gasteiger partial charge on any atom is 0.243 e. The van der Waals surface area contributed by atoms with Crippen molar-refractivity contribution < 1.29 is 19.1 Å². The van der Waals surface area contributed by atoms with Gasteiger partial charge in [0.2, 0.25) is 11.8 Å². The van der Waals surface area contributed by atoms with Crippen molar-refractivity contribution in [1.82, 2.24) is 10.2 Å². The van der Waals surface area contributed by atoms with Crippen LogP contribution in [0.3, 0.4) is 0 Å². The largest absolute Gasteiger partial charge is 0.497 e. The highest BCUT2D eigenvalue weighted by Crippen LogP contribution is 2.18. The van der Waals surface area contributed by atoms with E-state index in [2.05, 4.69) is 5.32 Å². The summed E-state index contributed by atoms with van der Waals surface area (Å²) in [6.45, 7) is 6.07. The number of rotatable bonds is 14. The maximum atomic E-state index is 13.3. The zero-order valence-electron chi connectivity index (χ0n) is 19.5. The molecule has 0 aromatic heterocycles. The number of benzene rings is 2. The van der Waals surface area contributed by atoms with Gasteiger partial charge in [0.15, 0.2) is 0 Å². The molecule has 2 amide bonds. The number of carbonyl (C=O) groups excluding carboxylic acids is 2. The number of nitrogens with one attached hydrogen (secondary N) is 1. The van der Waals surface area contributed by atoms with Gasteiger partial charge in [-0.2, -0.15) is 0 Å². The monoisotopic (exact) mass is 440 g/mol. The van der Waals surface area contributed by atoms with Crippen molar-refractivity contribution in [2.45, 2.75) is 52.1 Å². The van der Waals surface area contributed by atoms with Crippen LogP contribution in [-0.2, 0) is 27.3 Å². The van der Waals surface area contributed by atoms with Crippen molar-refractivity contribution in [2.24, 2.45) is 0 Å². The summed E-state index contributed by atoms with van der Waals surface area (Å²) in [5, 5.41) is 3.01. The first kappa shape index (κ1) is 25.4. The predicted molar refractivity (Wildman–Crippen MR) is 127 cm³/mol. The molecule has 0 bridgehead atoms. The van der Waals surface area contributed by atoms with Crippen LogP contribution < -0.4 is 10.1 Å². The average molecular weight is 441 g/mol. The second-order valence-corrected chi connectivity index (χ2v) is 7.67. The van der Waals surface area contributed by atoms with Crippen molar-refractivity contribution in [2.75, 3.05) is 26.9 Å². The molecule has 0 saturated heterocycles. The predicted octanol–water partition coefficient (Wildman–Crippen LogP) is 3.98. The number of hydrogen-bond donors (Lipinski definition) is 1. The quantitative estimate of drug-likeness (QED) is 0.451. The van der Waals surface area contributed by atoms with Gasteiger partial charge in [0, 0.05) is 39.1 Å². The molecule has 2 rings (SSSR count). The number of nitrogens with zero attached hydrogens (tertiary/aromatic N) is 1. The molecule has 0 saturated carbocycles. The Kier molecular flexibility index (Phi) is 11.3. The van der Waals surface area contributed by atoms with Crippen molar-refractivity contribution in [1.29, 1.82) is 0 Å². The molecule has 0 fully saturated rings. The van der Waals surface area contributed by atoms with Gasteiger partial charge in [-0.05, 0) is 43.0 Å². The van der Waals surface area contributed by atoms with Crippen LogP contribution in [0.4, 0.5) is 0 Å². The van der Waals surface area contributed by atoms with Gasteiger partial charge in [-0.15, -0.1) is 0 Å². The van der Waals surface area contributed by atoms with Crippen molar-refractivity contribution in [3.63, 3.8) is 0 Å². The lowest BCUT2D eigenvalue weighted by molar-refractivity contribution is -0.141. The number of carbonyl (C=O) groups is 2. The molecule has 6 nitrogen and oxygen atoms in total. The molecule has 0 aliphatic rings. The molecule has 2 aromatic rings. The minimum atomic E-state index is -0.592. The highest BCUT2D eigenvalue weighted by Gasteiger charge is 2.29. The Labute approximate surface area is 191 Å². The summed E-state index contributed by atoms with van der Waals surface area (Å²) in [7, 11) is 1.62. The first-order chi connectivity index (χ1) is 15.6. The smallest absolute Gasteiger partial charge is 0.243 e. The summed E-state index contributed by atoms with van der Waals surface area (Å²) in [4.78, 5) is 28.1. The van der Waals surface area contributed by atoms with Gasteiger partial charge >= 0.3 is 0 Å². The normalized spacial score (nSPS) is 11.6. The van der Waals surface area contributed by atoms with E-state index in [1.165, 1.54) is 0 Å². The average Bonchev–Trinajstić information content (AvgIpc) is 2.82. The maximum absolute atomic E-state index is 13.3. The fourth-order valence-electron chi connectivity index (χ4n) is 3.49. The molecule has 0 heterocycles. The number of amides is 2. The van der Waals surface area contributed by atoms with Gasteiger partial charge in [0.25, 0.3) is 0 Å². The fourth-order valence-corrected chi connectivity index (χ4v) is 3.49. The lowest BCUT2D eigenvalue weighted by Gasteiger charge is -2.31. The second-order valence-electron chi connectivity index (χ2n) is 7.67. The molecule has 0 unspecified atom stereocenters. The molecule has 2 aromatic carbocycles. The van der Waals surface area contributed by atoms with Crippen molar-refractivity contribution >= 4 is 11.8 Å². The van der Waals surface area contributed by atoms with Gasteiger partial charge in [0.1, 0.15) is 11.8 Å². The Morgan fingerprint density at radius 2 is 1.72 bits per heavy atom. The molecule has 174 valence electrons. The summed E-state index contributed by atoms with van der Waals surface area (Å²) in [5.41, 5.74) is 1.98. The Hall–Kier alpha value is -2.86. The standard InChI is InChI=1S/C26H36N2O4/c1-4-10-25(29)28(20-22-13-15-23(31-3)16-14-22)24(19-21-11-7-6-8-12-21)26(30)27-17-9-18-32-5-2/h6-8,11-16,24H,4-5,9-10,17-20H2,1-3H3,(H,27,30)/t24-/m0/s1. The van der Waals surface area contributed by atoms with Crippen LogP contribution in [-0.4, -0.2) is 49.6 Å². The summed E-state index contributed by atoms with van der Waals surface area (Å²) < 4.78 is 10.6. The lowest BCUT2D eigenvalue weighted by Crippen LogP contribution is -2.50. The van der Waals surface area contributed by atoms with E-state index in [-0.39, 0.29) is 11.8 Å². The first-order valence-electron chi connectivity index (χ1n) is 11.4. The SMILES string of the molecule is CCCC(=O)N(Cc1ccc(OC)cc1)[C@@H](Cc1ccccc1)C(=O)NCCCOCC. The minimum absolute atomic E-state index is 0.0197. The summed E-state index contributed by atoms with van der Waals surface area (Å²) in [6.07, 6.45) is 2.33. The third kappa shape index (κ3) is 8.35. The second kappa shape index (κ2) is 14.2. The van der Waals surface area contributed by atoms with Crippen LogP contribution in [0.5, 0.6) is 5.75 Å². The summed E-state index contributed by atoms with van der Waals surface area (Å²) >= 11 is 0. The van der Waals surface area contributed by atoms with Gasteiger partial charge in [-0.25, -0.2) is 0 Å². The molecular weight excluding hydrogens is 404 g/mol. The van der Waals surface area contributed by atoms with Gasteiger partial charge in [-0.3, -0.25) is 9.59 Å².